The number of aliphatic hydroxyl groups excluding tert-OH is 1. The Hall–Kier alpha value is -1.21. The summed E-state index contributed by atoms with van der Waals surface area (Å²) in [5.41, 5.74) is 5.97. The van der Waals surface area contributed by atoms with Crippen LogP contribution < -0.4 is 20.5 Å². The van der Waals surface area contributed by atoms with Crippen LogP contribution >= 0.6 is 24.0 Å². The molecule has 6 nitrogen and oxygen atoms in total. The summed E-state index contributed by atoms with van der Waals surface area (Å²) in [6.45, 7) is 2.50. The molecule has 4 N–H and O–H groups in total. The predicted molar refractivity (Wildman–Crippen MR) is 81.3 cm³/mol. The second-order valence-corrected chi connectivity index (χ2v) is 4.98. The van der Waals surface area contributed by atoms with Crippen LogP contribution in [0.3, 0.4) is 0 Å². The highest BCUT2D eigenvalue weighted by Crippen LogP contribution is 2.39. The van der Waals surface area contributed by atoms with Crippen molar-refractivity contribution < 1.29 is 19.4 Å². The molecule has 1 unspecified atom stereocenters. The molecule has 0 fully saturated rings. The van der Waals surface area contributed by atoms with Gasteiger partial charge in [-0.3, -0.25) is 4.79 Å². The van der Waals surface area contributed by atoms with Crippen molar-refractivity contribution in [2.24, 2.45) is 5.73 Å². The van der Waals surface area contributed by atoms with Gasteiger partial charge in [0, 0.05) is 6.54 Å². The number of nitrogens with one attached hydrogen (secondary N) is 1. The van der Waals surface area contributed by atoms with E-state index in [1.807, 2.05) is 0 Å². The van der Waals surface area contributed by atoms with E-state index in [-0.39, 0.29) is 24.9 Å². The average Bonchev–Trinajstić information content (AvgIpc) is 2.44. The SMILES string of the molecule is C[C@@H](N)C(=O)NCC(O)c1cc(Cl)c2c(c1)OCCO2.Cl. The lowest BCUT2D eigenvalue weighted by atomic mass is 10.1. The predicted octanol–water partition coefficient (Wildman–Crippen LogP) is 1.03. The number of aliphatic hydroxyl groups is 1. The zero-order chi connectivity index (χ0) is 14.7. The molecular formula is C13H18Cl2N2O4. The summed E-state index contributed by atoms with van der Waals surface area (Å²) in [5.74, 6) is 0.650. The molecule has 1 aromatic carbocycles. The van der Waals surface area contributed by atoms with E-state index in [0.29, 0.717) is 35.3 Å². The Bertz CT molecular complexity index is 511. The zero-order valence-electron chi connectivity index (χ0n) is 11.5. The number of rotatable bonds is 4. The van der Waals surface area contributed by atoms with Crippen LogP contribution in [-0.4, -0.2) is 36.8 Å². The first-order valence-electron chi connectivity index (χ1n) is 6.29. The third-order valence-electron chi connectivity index (χ3n) is 2.89. The molecule has 1 aliphatic heterocycles. The minimum atomic E-state index is -0.897. The normalized spacial score (nSPS) is 15.6. The maximum absolute atomic E-state index is 11.4. The Kier molecular flexibility index (Phi) is 6.54. The second kappa shape index (κ2) is 7.70. The van der Waals surface area contributed by atoms with E-state index in [1.54, 1.807) is 19.1 Å². The monoisotopic (exact) mass is 336 g/mol. The van der Waals surface area contributed by atoms with Crippen molar-refractivity contribution in [1.29, 1.82) is 0 Å². The summed E-state index contributed by atoms with van der Waals surface area (Å²) in [4.78, 5) is 11.4. The van der Waals surface area contributed by atoms with Gasteiger partial charge in [0.1, 0.15) is 13.2 Å². The van der Waals surface area contributed by atoms with Gasteiger partial charge < -0.3 is 25.6 Å². The molecule has 2 atom stereocenters. The molecule has 1 heterocycles. The number of carbonyl (C=O) groups excluding carboxylic acids is 1. The van der Waals surface area contributed by atoms with Gasteiger partial charge in [0.05, 0.1) is 17.2 Å². The molecule has 0 saturated carbocycles. The minimum absolute atomic E-state index is 0. The topological polar surface area (TPSA) is 93.8 Å². The Balaban J connectivity index is 0.00000220. The highest BCUT2D eigenvalue weighted by molar-refractivity contribution is 6.32. The highest BCUT2D eigenvalue weighted by Gasteiger charge is 2.20. The van der Waals surface area contributed by atoms with Gasteiger partial charge in [0.2, 0.25) is 5.91 Å². The van der Waals surface area contributed by atoms with E-state index < -0.39 is 12.1 Å². The lowest BCUT2D eigenvalue weighted by Gasteiger charge is -2.21. The van der Waals surface area contributed by atoms with Crippen LogP contribution in [0.1, 0.15) is 18.6 Å². The van der Waals surface area contributed by atoms with Crippen molar-refractivity contribution in [2.75, 3.05) is 19.8 Å². The highest BCUT2D eigenvalue weighted by atomic mass is 35.5. The quantitative estimate of drug-likeness (QED) is 0.763. The summed E-state index contributed by atoms with van der Waals surface area (Å²) < 4.78 is 10.8. The van der Waals surface area contributed by atoms with E-state index in [0.717, 1.165) is 0 Å². The number of benzene rings is 1. The Morgan fingerprint density at radius 3 is 2.81 bits per heavy atom. The van der Waals surface area contributed by atoms with Crippen LogP contribution in [0.4, 0.5) is 0 Å². The molecule has 2 rings (SSSR count). The van der Waals surface area contributed by atoms with Gasteiger partial charge in [-0.25, -0.2) is 0 Å². The third kappa shape index (κ3) is 4.38. The summed E-state index contributed by atoms with van der Waals surface area (Å²) in [5, 5.41) is 13.0. The molecule has 8 heteroatoms. The first-order chi connectivity index (χ1) is 9.49. The van der Waals surface area contributed by atoms with Gasteiger partial charge in [-0.05, 0) is 24.6 Å². The van der Waals surface area contributed by atoms with Crippen molar-refractivity contribution in [3.05, 3.63) is 22.7 Å². The number of carbonyl (C=O) groups is 1. The van der Waals surface area contributed by atoms with E-state index in [1.165, 1.54) is 0 Å². The summed E-state index contributed by atoms with van der Waals surface area (Å²) in [6, 6.07) is 2.63. The first kappa shape index (κ1) is 17.8. The zero-order valence-corrected chi connectivity index (χ0v) is 13.0. The molecule has 1 aliphatic rings. The Morgan fingerprint density at radius 2 is 2.14 bits per heavy atom. The molecular weight excluding hydrogens is 319 g/mol. The number of amides is 1. The molecule has 0 radical (unpaired) electrons. The van der Waals surface area contributed by atoms with Crippen molar-refractivity contribution in [3.63, 3.8) is 0 Å². The number of hydrogen-bond donors (Lipinski definition) is 3. The van der Waals surface area contributed by atoms with E-state index >= 15 is 0 Å². The van der Waals surface area contributed by atoms with Gasteiger partial charge in [-0.1, -0.05) is 11.6 Å². The van der Waals surface area contributed by atoms with Gasteiger partial charge in [-0.15, -0.1) is 12.4 Å². The molecule has 21 heavy (non-hydrogen) atoms. The number of ether oxygens (including phenoxy) is 2. The van der Waals surface area contributed by atoms with E-state index in [9.17, 15) is 9.90 Å². The van der Waals surface area contributed by atoms with Crippen molar-refractivity contribution in [3.8, 4) is 11.5 Å². The van der Waals surface area contributed by atoms with Crippen LogP contribution in [0.25, 0.3) is 0 Å². The largest absolute Gasteiger partial charge is 0.486 e. The van der Waals surface area contributed by atoms with Crippen LogP contribution in [0.15, 0.2) is 12.1 Å². The Morgan fingerprint density at radius 1 is 1.48 bits per heavy atom. The van der Waals surface area contributed by atoms with Gasteiger partial charge in [0.15, 0.2) is 11.5 Å². The fourth-order valence-electron chi connectivity index (χ4n) is 1.80. The molecule has 0 aromatic heterocycles. The van der Waals surface area contributed by atoms with Crippen molar-refractivity contribution in [2.45, 2.75) is 19.1 Å². The lowest BCUT2D eigenvalue weighted by Crippen LogP contribution is -2.40. The third-order valence-corrected chi connectivity index (χ3v) is 3.17. The molecule has 0 bridgehead atoms. The maximum Gasteiger partial charge on any atom is 0.236 e. The molecule has 1 amide bonds. The van der Waals surface area contributed by atoms with E-state index in [4.69, 9.17) is 26.8 Å². The van der Waals surface area contributed by atoms with Crippen LogP contribution in [0, 0.1) is 0 Å². The summed E-state index contributed by atoms with van der Waals surface area (Å²) >= 11 is 6.08. The van der Waals surface area contributed by atoms with Gasteiger partial charge in [-0.2, -0.15) is 0 Å². The number of fused-ring (bicyclic) bond motifs is 1. The summed E-state index contributed by atoms with van der Waals surface area (Å²) in [6.07, 6.45) is -0.897. The molecule has 1 aromatic rings. The fraction of sp³-hybridized carbons (Fsp3) is 0.462. The number of nitrogens with two attached hydrogens (primary N) is 1. The van der Waals surface area contributed by atoms with Crippen molar-refractivity contribution in [1.82, 2.24) is 5.32 Å². The van der Waals surface area contributed by atoms with Gasteiger partial charge >= 0.3 is 0 Å². The van der Waals surface area contributed by atoms with Crippen LogP contribution in [-0.2, 0) is 4.79 Å². The number of halogens is 2. The molecule has 0 spiro atoms. The second-order valence-electron chi connectivity index (χ2n) is 4.58. The standard InChI is InChI=1S/C13H17ClN2O4.ClH/c1-7(15)13(18)16-6-10(17)8-4-9(14)12-11(5-8)19-2-3-20-12;/h4-5,7,10,17H,2-3,6,15H2,1H3,(H,16,18);1H/t7-,10?;/m1./s1. The average molecular weight is 337 g/mol. The lowest BCUT2D eigenvalue weighted by molar-refractivity contribution is -0.122. The summed E-state index contributed by atoms with van der Waals surface area (Å²) in [7, 11) is 0. The maximum atomic E-state index is 11.4. The first-order valence-corrected chi connectivity index (χ1v) is 6.67. The fourth-order valence-corrected chi connectivity index (χ4v) is 2.07. The molecule has 0 aliphatic carbocycles. The van der Waals surface area contributed by atoms with Crippen LogP contribution in [0.5, 0.6) is 11.5 Å². The van der Waals surface area contributed by atoms with Crippen molar-refractivity contribution >= 4 is 29.9 Å². The minimum Gasteiger partial charge on any atom is -0.486 e. The smallest absolute Gasteiger partial charge is 0.236 e. The number of hydrogen-bond acceptors (Lipinski definition) is 5. The Labute approximate surface area is 134 Å². The molecule has 0 saturated heterocycles. The van der Waals surface area contributed by atoms with E-state index in [2.05, 4.69) is 5.32 Å². The van der Waals surface area contributed by atoms with Crippen LogP contribution in [0.2, 0.25) is 5.02 Å². The molecule has 118 valence electrons. The van der Waals surface area contributed by atoms with Gasteiger partial charge in [0.25, 0.3) is 0 Å².